The number of carboxylic acid groups (broad SMARTS) is 1. The molecule has 1 fully saturated rings. The molecule has 1 aliphatic heterocycles. The van der Waals surface area contributed by atoms with Crippen molar-refractivity contribution in [1.29, 1.82) is 0 Å². The Hall–Kier alpha value is -3.18. The predicted octanol–water partition coefficient (Wildman–Crippen LogP) is 1.25. The van der Waals surface area contributed by atoms with E-state index in [9.17, 15) is 23.1 Å². The fourth-order valence-electron chi connectivity index (χ4n) is 4.26. The third kappa shape index (κ3) is 6.03. The Morgan fingerprint density at radius 2 is 1.91 bits per heavy atom. The van der Waals surface area contributed by atoms with Crippen LogP contribution in [0.25, 0.3) is 10.8 Å². The summed E-state index contributed by atoms with van der Waals surface area (Å²) in [6.07, 6.45) is 1.40. The lowest BCUT2D eigenvalue weighted by Crippen LogP contribution is -2.56. The van der Waals surface area contributed by atoms with Gasteiger partial charge in [0.2, 0.25) is 15.9 Å². The molecule has 0 spiro atoms. The standard InChI is InChI=1S/C23H31N5O5S/c1-15-11-13-28(19(14-15)22(30)31)21(29)18(9-5-12-26-23(24)25)27-34(32,33)20-10-4-7-16-6-2-3-8-17(16)20/h2-4,6-8,10,15,18-19,27H,5,9,11-14H2,1H3,(H,30,31)(H4,24,25,26). The van der Waals surface area contributed by atoms with E-state index in [0.717, 1.165) is 5.39 Å². The Balaban J connectivity index is 1.91. The maximum atomic E-state index is 13.5. The molecule has 3 unspecified atom stereocenters. The quantitative estimate of drug-likeness (QED) is 0.233. The van der Waals surface area contributed by atoms with Crippen LogP contribution in [0.5, 0.6) is 0 Å². The van der Waals surface area contributed by atoms with Crippen molar-refractivity contribution in [3.8, 4) is 0 Å². The largest absolute Gasteiger partial charge is 0.480 e. The van der Waals surface area contributed by atoms with Crippen molar-refractivity contribution >= 4 is 38.6 Å². The highest BCUT2D eigenvalue weighted by atomic mass is 32.2. The minimum atomic E-state index is -4.10. The molecule has 1 heterocycles. The van der Waals surface area contributed by atoms with Gasteiger partial charge in [-0.05, 0) is 43.1 Å². The van der Waals surface area contributed by atoms with Gasteiger partial charge in [-0.1, -0.05) is 43.3 Å². The first kappa shape index (κ1) is 25.4. The molecule has 11 heteroatoms. The summed E-state index contributed by atoms with van der Waals surface area (Å²) in [7, 11) is -4.10. The average Bonchev–Trinajstić information content (AvgIpc) is 2.79. The number of aliphatic carboxylic acids is 1. The number of rotatable bonds is 9. The molecule has 6 N–H and O–H groups in total. The molecule has 3 rings (SSSR count). The summed E-state index contributed by atoms with van der Waals surface area (Å²) in [5.41, 5.74) is 10.7. The SMILES string of the molecule is CC1CCN(C(=O)C(CCCN=C(N)N)NS(=O)(=O)c2cccc3ccccc23)C(C(=O)O)C1. The Kier molecular flexibility index (Phi) is 8.11. The highest BCUT2D eigenvalue weighted by molar-refractivity contribution is 7.89. The zero-order chi connectivity index (χ0) is 24.9. The minimum absolute atomic E-state index is 0.0506. The zero-order valence-corrected chi connectivity index (χ0v) is 19.9. The van der Waals surface area contributed by atoms with Crippen LogP contribution in [0.2, 0.25) is 0 Å². The van der Waals surface area contributed by atoms with E-state index in [2.05, 4.69) is 9.71 Å². The van der Waals surface area contributed by atoms with Gasteiger partial charge in [-0.15, -0.1) is 0 Å². The van der Waals surface area contributed by atoms with Crippen molar-refractivity contribution < 1.29 is 23.1 Å². The van der Waals surface area contributed by atoms with Crippen molar-refractivity contribution in [1.82, 2.24) is 9.62 Å². The summed E-state index contributed by atoms with van der Waals surface area (Å²) in [4.78, 5) is 30.5. The lowest BCUT2D eigenvalue weighted by atomic mass is 9.91. The number of carboxylic acids is 1. The smallest absolute Gasteiger partial charge is 0.326 e. The number of sulfonamides is 1. The molecule has 34 heavy (non-hydrogen) atoms. The van der Waals surface area contributed by atoms with Gasteiger partial charge in [-0.3, -0.25) is 9.79 Å². The van der Waals surface area contributed by atoms with Crippen LogP contribution in [0.1, 0.15) is 32.6 Å². The molecule has 2 aromatic rings. The number of nitrogens with two attached hydrogens (primary N) is 2. The van der Waals surface area contributed by atoms with E-state index >= 15 is 0 Å². The van der Waals surface area contributed by atoms with Crippen molar-refractivity contribution in [2.24, 2.45) is 22.4 Å². The molecule has 3 atom stereocenters. The van der Waals surface area contributed by atoms with Crippen LogP contribution >= 0.6 is 0 Å². The monoisotopic (exact) mass is 489 g/mol. The predicted molar refractivity (Wildman–Crippen MR) is 130 cm³/mol. The van der Waals surface area contributed by atoms with Crippen LogP contribution in [-0.2, 0) is 19.6 Å². The maximum absolute atomic E-state index is 13.5. The number of amides is 1. The van der Waals surface area contributed by atoms with Gasteiger partial charge in [-0.2, -0.15) is 4.72 Å². The van der Waals surface area contributed by atoms with Gasteiger partial charge < -0.3 is 21.5 Å². The molecule has 0 saturated carbocycles. The molecule has 1 saturated heterocycles. The Bertz CT molecular complexity index is 1170. The average molecular weight is 490 g/mol. The number of benzene rings is 2. The molecular formula is C23H31N5O5S. The first-order valence-electron chi connectivity index (χ1n) is 11.2. The van der Waals surface area contributed by atoms with E-state index in [4.69, 9.17) is 11.5 Å². The molecule has 0 radical (unpaired) electrons. The van der Waals surface area contributed by atoms with Crippen LogP contribution in [0, 0.1) is 5.92 Å². The van der Waals surface area contributed by atoms with E-state index in [1.165, 1.54) is 11.0 Å². The molecular weight excluding hydrogens is 458 g/mol. The molecule has 184 valence electrons. The van der Waals surface area contributed by atoms with Gasteiger partial charge in [-0.25, -0.2) is 13.2 Å². The molecule has 0 aromatic heterocycles. The van der Waals surface area contributed by atoms with Crippen LogP contribution in [0.4, 0.5) is 0 Å². The number of guanidine groups is 1. The Labute approximate surface area is 199 Å². The van der Waals surface area contributed by atoms with Gasteiger partial charge in [0.15, 0.2) is 5.96 Å². The number of piperidine rings is 1. The van der Waals surface area contributed by atoms with E-state index in [1.54, 1.807) is 30.3 Å². The fourth-order valence-corrected chi connectivity index (χ4v) is 5.71. The highest BCUT2D eigenvalue weighted by Crippen LogP contribution is 2.26. The topological polar surface area (TPSA) is 168 Å². The molecule has 1 aliphatic rings. The molecule has 1 amide bonds. The maximum Gasteiger partial charge on any atom is 0.326 e. The van der Waals surface area contributed by atoms with E-state index in [1.807, 2.05) is 13.0 Å². The minimum Gasteiger partial charge on any atom is -0.480 e. The first-order valence-corrected chi connectivity index (χ1v) is 12.7. The highest BCUT2D eigenvalue weighted by Gasteiger charge is 2.38. The van der Waals surface area contributed by atoms with E-state index in [-0.39, 0.29) is 36.3 Å². The van der Waals surface area contributed by atoms with Crippen molar-refractivity contribution in [3.63, 3.8) is 0 Å². The van der Waals surface area contributed by atoms with Crippen LogP contribution in [0.3, 0.4) is 0 Å². The lowest BCUT2D eigenvalue weighted by Gasteiger charge is -2.38. The second kappa shape index (κ2) is 10.8. The normalized spacial score (nSPS) is 19.5. The summed E-state index contributed by atoms with van der Waals surface area (Å²) >= 11 is 0. The molecule has 2 aromatic carbocycles. The Morgan fingerprint density at radius 1 is 1.21 bits per heavy atom. The van der Waals surface area contributed by atoms with Gasteiger partial charge in [0.05, 0.1) is 4.90 Å². The van der Waals surface area contributed by atoms with Crippen molar-refractivity contribution in [3.05, 3.63) is 42.5 Å². The molecule has 0 aliphatic carbocycles. The van der Waals surface area contributed by atoms with Gasteiger partial charge in [0.1, 0.15) is 12.1 Å². The molecule has 10 nitrogen and oxygen atoms in total. The Morgan fingerprint density at radius 3 is 2.62 bits per heavy atom. The van der Waals surface area contributed by atoms with Crippen LogP contribution in [-0.4, -0.2) is 61.4 Å². The summed E-state index contributed by atoms with van der Waals surface area (Å²) in [6.45, 7) is 2.40. The summed E-state index contributed by atoms with van der Waals surface area (Å²) in [5.74, 6) is -1.61. The number of hydrogen-bond acceptors (Lipinski definition) is 5. The second-order valence-electron chi connectivity index (χ2n) is 8.62. The van der Waals surface area contributed by atoms with Crippen LogP contribution in [0.15, 0.2) is 52.4 Å². The van der Waals surface area contributed by atoms with Gasteiger partial charge in [0.25, 0.3) is 0 Å². The van der Waals surface area contributed by atoms with Crippen LogP contribution < -0.4 is 16.2 Å². The third-order valence-corrected chi connectivity index (χ3v) is 7.54. The number of carbonyl (C=O) groups is 2. The number of likely N-dealkylation sites (tertiary alicyclic amines) is 1. The number of hydrogen-bond donors (Lipinski definition) is 4. The third-order valence-electron chi connectivity index (χ3n) is 6.01. The second-order valence-corrected chi connectivity index (χ2v) is 10.3. The summed E-state index contributed by atoms with van der Waals surface area (Å²) < 4.78 is 29.3. The number of nitrogens with zero attached hydrogens (tertiary/aromatic N) is 2. The summed E-state index contributed by atoms with van der Waals surface area (Å²) in [5, 5.41) is 11.0. The van der Waals surface area contributed by atoms with Gasteiger partial charge >= 0.3 is 5.97 Å². The van der Waals surface area contributed by atoms with E-state index < -0.39 is 34.0 Å². The number of nitrogens with one attached hydrogen (secondary N) is 1. The zero-order valence-electron chi connectivity index (χ0n) is 19.1. The lowest BCUT2D eigenvalue weighted by molar-refractivity contribution is -0.153. The van der Waals surface area contributed by atoms with Crippen molar-refractivity contribution in [2.75, 3.05) is 13.1 Å². The number of fused-ring (bicyclic) bond motifs is 1. The summed E-state index contributed by atoms with van der Waals surface area (Å²) in [6, 6.07) is 9.82. The van der Waals surface area contributed by atoms with Crippen molar-refractivity contribution in [2.45, 2.75) is 49.6 Å². The fraction of sp³-hybridized carbons (Fsp3) is 0.435. The van der Waals surface area contributed by atoms with Gasteiger partial charge in [0, 0.05) is 18.5 Å². The van der Waals surface area contributed by atoms with E-state index in [0.29, 0.717) is 24.6 Å². The first-order chi connectivity index (χ1) is 16.1. The number of carbonyl (C=O) groups excluding carboxylic acids is 1. The molecule has 0 bridgehead atoms. The number of aliphatic imine (C=N–C) groups is 1.